The zero-order chi connectivity index (χ0) is 13.0. The number of nitrogens with zero attached hydrogens (tertiary/aromatic N) is 1. The molecule has 1 fully saturated rings. The lowest BCUT2D eigenvalue weighted by atomic mass is 9.98. The Bertz CT molecular complexity index is 397. The molecule has 1 unspecified atom stereocenters. The Labute approximate surface area is 114 Å². The van der Waals surface area contributed by atoms with Gasteiger partial charge >= 0.3 is 0 Å². The summed E-state index contributed by atoms with van der Waals surface area (Å²) < 4.78 is 0. The number of anilines is 1. The van der Waals surface area contributed by atoms with Crippen LogP contribution in [0.2, 0.25) is 5.02 Å². The fraction of sp³-hybridized carbons (Fsp3) is 0.571. The molecule has 2 N–H and O–H groups in total. The first-order valence-electron chi connectivity index (χ1n) is 6.53. The molecule has 1 atom stereocenters. The molecular weight excluding hydrogens is 248 g/mol. The molecule has 0 aromatic heterocycles. The average molecular weight is 269 g/mol. The third-order valence-electron chi connectivity index (χ3n) is 3.55. The van der Waals surface area contributed by atoms with Crippen LogP contribution in [0, 0.1) is 5.92 Å². The lowest BCUT2D eigenvalue weighted by molar-refractivity contribution is 0.209. The van der Waals surface area contributed by atoms with Crippen LogP contribution in [-0.2, 0) is 6.54 Å². The third kappa shape index (κ3) is 3.16. The lowest BCUT2D eigenvalue weighted by Crippen LogP contribution is -2.36. The van der Waals surface area contributed by atoms with E-state index in [-0.39, 0.29) is 6.61 Å². The van der Waals surface area contributed by atoms with Gasteiger partial charge < -0.3 is 15.3 Å². The van der Waals surface area contributed by atoms with E-state index in [1.807, 2.05) is 13.1 Å². The van der Waals surface area contributed by atoms with E-state index in [4.69, 9.17) is 11.6 Å². The SMILES string of the molecule is CNCc1ccc(N2CCCC(CO)C2)cc1Cl. The van der Waals surface area contributed by atoms with Crippen molar-refractivity contribution in [1.82, 2.24) is 5.32 Å². The van der Waals surface area contributed by atoms with Gasteiger partial charge in [-0.15, -0.1) is 0 Å². The molecule has 0 amide bonds. The molecule has 1 aliphatic heterocycles. The van der Waals surface area contributed by atoms with Crippen LogP contribution in [0.1, 0.15) is 18.4 Å². The van der Waals surface area contributed by atoms with Crippen molar-refractivity contribution in [1.29, 1.82) is 0 Å². The minimum absolute atomic E-state index is 0.280. The van der Waals surface area contributed by atoms with Crippen LogP contribution in [0.3, 0.4) is 0 Å². The highest BCUT2D eigenvalue weighted by Crippen LogP contribution is 2.27. The summed E-state index contributed by atoms with van der Waals surface area (Å²) >= 11 is 6.28. The Morgan fingerprint density at radius 3 is 3.00 bits per heavy atom. The molecule has 1 aromatic rings. The van der Waals surface area contributed by atoms with E-state index < -0.39 is 0 Å². The van der Waals surface area contributed by atoms with Gasteiger partial charge in [0.1, 0.15) is 0 Å². The fourth-order valence-electron chi connectivity index (χ4n) is 2.52. The van der Waals surface area contributed by atoms with Crippen molar-refractivity contribution >= 4 is 17.3 Å². The molecule has 1 saturated heterocycles. The highest BCUT2D eigenvalue weighted by atomic mass is 35.5. The molecular formula is C14H21ClN2O. The number of halogens is 1. The number of rotatable bonds is 4. The molecule has 0 spiro atoms. The number of hydrogen-bond donors (Lipinski definition) is 2. The molecule has 100 valence electrons. The van der Waals surface area contributed by atoms with Gasteiger partial charge in [0.15, 0.2) is 0 Å². The van der Waals surface area contributed by atoms with E-state index in [0.717, 1.165) is 48.7 Å². The standard InChI is InChI=1S/C14H21ClN2O/c1-16-8-12-4-5-13(7-14(12)15)17-6-2-3-11(9-17)10-18/h4-5,7,11,16,18H,2-3,6,8-10H2,1H3. The van der Waals surface area contributed by atoms with Gasteiger partial charge in [0, 0.05) is 37.0 Å². The van der Waals surface area contributed by atoms with E-state index in [1.165, 1.54) is 0 Å². The summed E-state index contributed by atoms with van der Waals surface area (Å²) in [6.07, 6.45) is 2.26. The highest BCUT2D eigenvalue weighted by molar-refractivity contribution is 6.31. The second-order valence-corrected chi connectivity index (χ2v) is 5.35. The van der Waals surface area contributed by atoms with Crippen LogP contribution in [0.4, 0.5) is 5.69 Å². The van der Waals surface area contributed by atoms with Crippen LogP contribution >= 0.6 is 11.6 Å². The fourth-order valence-corrected chi connectivity index (χ4v) is 2.76. The molecule has 1 aliphatic rings. The summed E-state index contributed by atoms with van der Waals surface area (Å²) in [5.74, 6) is 0.398. The zero-order valence-electron chi connectivity index (χ0n) is 10.8. The van der Waals surface area contributed by atoms with Gasteiger partial charge in [-0.05, 0) is 43.5 Å². The Kier molecular flexibility index (Phi) is 4.87. The van der Waals surface area contributed by atoms with Crippen LogP contribution in [0.5, 0.6) is 0 Å². The Morgan fingerprint density at radius 2 is 2.33 bits per heavy atom. The van der Waals surface area contributed by atoms with Gasteiger partial charge in [-0.25, -0.2) is 0 Å². The highest BCUT2D eigenvalue weighted by Gasteiger charge is 2.19. The van der Waals surface area contributed by atoms with Gasteiger partial charge in [0.2, 0.25) is 0 Å². The average Bonchev–Trinajstić information content (AvgIpc) is 2.41. The molecule has 2 rings (SSSR count). The molecule has 0 saturated carbocycles. The second-order valence-electron chi connectivity index (χ2n) is 4.94. The van der Waals surface area contributed by atoms with Crippen LogP contribution in [0.25, 0.3) is 0 Å². The summed E-state index contributed by atoms with van der Waals surface area (Å²) in [5, 5.41) is 13.2. The van der Waals surface area contributed by atoms with Crippen molar-refractivity contribution in [2.45, 2.75) is 19.4 Å². The monoisotopic (exact) mass is 268 g/mol. The van der Waals surface area contributed by atoms with E-state index >= 15 is 0 Å². The number of benzene rings is 1. The number of piperidine rings is 1. The summed E-state index contributed by atoms with van der Waals surface area (Å²) in [6, 6.07) is 6.24. The smallest absolute Gasteiger partial charge is 0.0476 e. The Hall–Kier alpha value is -0.770. The Balaban J connectivity index is 2.10. The van der Waals surface area contributed by atoms with Gasteiger partial charge in [0.05, 0.1) is 0 Å². The molecule has 18 heavy (non-hydrogen) atoms. The third-order valence-corrected chi connectivity index (χ3v) is 3.90. The topological polar surface area (TPSA) is 35.5 Å². The summed E-state index contributed by atoms with van der Waals surface area (Å²) in [4.78, 5) is 2.32. The maximum atomic E-state index is 9.26. The first kappa shape index (κ1) is 13.7. The second kappa shape index (κ2) is 6.41. The predicted octanol–water partition coefficient (Wildman–Crippen LogP) is 2.27. The van der Waals surface area contributed by atoms with E-state index in [0.29, 0.717) is 5.92 Å². The number of hydrogen-bond acceptors (Lipinski definition) is 3. The minimum Gasteiger partial charge on any atom is -0.396 e. The molecule has 0 bridgehead atoms. The minimum atomic E-state index is 0.280. The van der Waals surface area contributed by atoms with Crippen LogP contribution in [0.15, 0.2) is 18.2 Å². The van der Waals surface area contributed by atoms with Crippen molar-refractivity contribution in [3.05, 3.63) is 28.8 Å². The van der Waals surface area contributed by atoms with Crippen molar-refractivity contribution in [3.63, 3.8) is 0 Å². The summed E-state index contributed by atoms with van der Waals surface area (Å²) in [5.41, 5.74) is 2.29. The van der Waals surface area contributed by atoms with Gasteiger partial charge in [-0.2, -0.15) is 0 Å². The van der Waals surface area contributed by atoms with Crippen molar-refractivity contribution < 1.29 is 5.11 Å². The Morgan fingerprint density at radius 1 is 1.50 bits per heavy atom. The lowest BCUT2D eigenvalue weighted by Gasteiger charge is -2.33. The molecule has 1 heterocycles. The first-order chi connectivity index (χ1) is 8.74. The largest absolute Gasteiger partial charge is 0.396 e. The first-order valence-corrected chi connectivity index (χ1v) is 6.91. The van der Waals surface area contributed by atoms with Crippen LogP contribution < -0.4 is 10.2 Å². The maximum Gasteiger partial charge on any atom is 0.0476 e. The van der Waals surface area contributed by atoms with Crippen molar-refractivity contribution in [2.24, 2.45) is 5.92 Å². The zero-order valence-corrected chi connectivity index (χ0v) is 11.6. The van der Waals surface area contributed by atoms with E-state index in [2.05, 4.69) is 22.3 Å². The van der Waals surface area contributed by atoms with Crippen molar-refractivity contribution in [2.75, 3.05) is 31.6 Å². The quantitative estimate of drug-likeness (QED) is 0.879. The molecule has 0 radical (unpaired) electrons. The van der Waals surface area contributed by atoms with Crippen molar-refractivity contribution in [3.8, 4) is 0 Å². The molecule has 3 nitrogen and oxygen atoms in total. The predicted molar refractivity (Wildman–Crippen MR) is 76.2 cm³/mol. The van der Waals surface area contributed by atoms with Gasteiger partial charge in [-0.3, -0.25) is 0 Å². The molecule has 0 aliphatic carbocycles. The summed E-state index contributed by atoms with van der Waals surface area (Å²) in [6.45, 7) is 3.05. The number of nitrogens with one attached hydrogen (secondary N) is 1. The molecule has 1 aromatic carbocycles. The molecule has 4 heteroatoms. The normalized spacial score (nSPS) is 20.2. The van der Waals surface area contributed by atoms with Gasteiger partial charge in [0.25, 0.3) is 0 Å². The van der Waals surface area contributed by atoms with E-state index in [1.54, 1.807) is 0 Å². The van der Waals surface area contributed by atoms with Crippen LogP contribution in [-0.4, -0.2) is 31.9 Å². The van der Waals surface area contributed by atoms with Gasteiger partial charge in [-0.1, -0.05) is 17.7 Å². The van der Waals surface area contributed by atoms with E-state index in [9.17, 15) is 5.11 Å². The maximum absolute atomic E-state index is 9.26. The summed E-state index contributed by atoms with van der Waals surface area (Å²) in [7, 11) is 1.92. The number of aliphatic hydroxyl groups is 1. The number of aliphatic hydroxyl groups excluding tert-OH is 1.